The molecule has 3 heteroatoms. The Morgan fingerprint density at radius 2 is 2.08 bits per heavy atom. The van der Waals surface area contributed by atoms with Gasteiger partial charge in [-0.2, -0.15) is 0 Å². The fourth-order valence-electron chi connectivity index (χ4n) is 1.52. The Bertz CT molecular complexity index is 140. The predicted molar refractivity (Wildman–Crippen MR) is 50.1 cm³/mol. The Balaban J connectivity index is 2.39. The number of aliphatic hydroxyl groups excluding tert-OH is 1. The summed E-state index contributed by atoms with van der Waals surface area (Å²) in [4.78, 5) is 0. The van der Waals surface area contributed by atoms with Crippen LogP contribution in [-0.2, 0) is 0 Å². The van der Waals surface area contributed by atoms with Gasteiger partial charge in [0.15, 0.2) is 0 Å². The van der Waals surface area contributed by atoms with E-state index in [-0.39, 0.29) is 6.61 Å². The van der Waals surface area contributed by atoms with Crippen molar-refractivity contribution in [2.24, 2.45) is 5.92 Å². The Kier molecular flexibility index (Phi) is 3.50. The molecule has 0 radical (unpaired) electrons. The summed E-state index contributed by atoms with van der Waals surface area (Å²) in [6.45, 7) is 7.65. The van der Waals surface area contributed by atoms with E-state index in [0.717, 1.165) is 6.54 Å². The van der Waals surface area contributed by atoms with Gasteiger partial charge in [-0.1, -0.05) is 6.92 Å². The third-order valence-corrected chi connectivity index (χ3v) is 2.86. The minimum Gasteiger partial charge on any atom is -0.396 e. The van der Waals surface area contributed by atoms with Gasteiger partial charge < -0.3 is 15.7 Å². The number of piperazine rings is 1. The van der Waals surface area contributed by atoms with Gasteiger partial charge in [-0.25, -0.2) is 0 Å². The van der Waals surface area contributed by atoms with E-state index < -0.39 is 0 Å². The molecule has 1 rings (SSSR count). The van der Waals surface area contributed by atoms with Gasteiger partial charge in [-0.05, 0) is 19.8 Å². The van der Waals surface area contributed by atoms with E-state index in [1.807, 2.05) is 0 Å². The van der Waals surface area contributed by atoms with Gasteiger partial charge in [0.2, 0.25) is 0 Å². The molecule has 1 aliphatic rings. The minimum atomic E-state index is 0.264. The lowest BCUT2D eigenvalue weighted by atomic mass is 9.97. The van der Waals surface area contributed by atoms with E-state index >= 15 is 0 Å². The van der Waals surface area contributed by atoms with Crippen molar-refractivity contribution in [3.05, 3.63) is 0 Å². The third-order valence-electron chi connectivity index (χ3n) is 2.86. The maximum absolute atomic E-state index is 8.97. The Morgan fingerprint density at radius 3 is 2.58 bits per heavy atom. The maximum atomic E-state index is 8.97. The number of aliphatic hydroxyl groups is 1. The Hall–Kier alpha value is -0.120. The number of nitrogens with one attached hydrogen (secondary N) is 2. The number of rotatable bonds is 2. The molecular weight excluding hydrogens is 152 g/mol. The fraction of sp³-hybridized carbons (Fsp3) is 1.00. The number of hydrogen-bond acceptors (Lipinski definition) is 3. The Labute approximate surface area is 74.5 Å². The first-order valence-corrected chi connectivity index (χ1v) is 4.75. The molecule has 0 spiro atoms. The minimum absolute atomic E-state index is 0.264. The van der Waals surface area contributed by atoms with Gasteiger partial charge in [0, 0.05) is 31.3 Å². The molecule has 0 bridgehead atoms. The van der Waals surface area contributed by atoms with Crippen LogP contribution in [-0.4, -0.2) is 36.4 Å². The molecule has 0 aromatic rings. The molecule has 72 valence electrons. The van der Waals surface area contributed by atoms with Crippen LogP contribution in [0.25, 0.3) is 0 Å². The zero-order valence-electron chi connectivity index (χ0n) is 8.17. The summed E-state index contributed by atoms with van der Waals surface area (Å²) in [5, 5.41) is 15.9. The lowest BCUT2D eigenvalue weighted by Gasteiger charge is -2.37. The van der Waals surface area contributed by atoms with Crippen LogP contribution >= 0.6 is 0 Å². The predicted octanol–water partition coefficient (Wildman–Crippen LogP) is -0.0468. The molecular formula is C9H20N2O. The summed E-state index contributed by atoms with van der Waals surface area (Å²) < 4.78 is 0. The standard InChI is InChI=1S/C9H20N2O/c1-6(5-12)9-4-10-7(2)8(3)11-9/h6-12H,4-5H2,1-3H3. The van der Waals surface area contributed by atoms with Gasteiger partial charge in [0.25, 0.3) is 0 Å². The first kappa shape index (κ1) is 9.96. The molecule has 3 nitrogen and oxygen atoms in total. The average molecular weight is 172 g/mol. The summed E-state index contributed by atoms with van der Waals surface area (Å²) in [5.74, 6) is 0.340. The summed E-state index contributed by atoms with van der Waals surface area (Å²) in [5.41, 5.74) is 0. The molecule has 0 aliphatic carbocycles. The topological polar surface area (TPSA) is 44.3 Å². The SMILES string of the molecule is CC(CO)C1CNC(C)C(C)N1. The summed E-state index contributed by atoms with van der Waals surface area (Å²) in [6.07, 6.45) is 0. The molecule has 1 fully saturated rings. The zero-order valence-corrected chi connectivity index (χ0v) is 8.17. The van der Waals surface area contributed by atoms with Crippen molar-refractivity contribution in [3.63, 3.8) is 0 Å². The van der Waals surface area contributed by atoms with Gasteiger partial charge in [0.05, 0.1) is 0 Å². The van der Waals surface area contributed by atoms with Crippen molar-refractivity contribution in [3.8, 4) is 0 Å². The van der Waals surface area contributed by atoms with Crippen molar-refractivity contribution >= 4 is 0 Å². The molecule has 0 amide bonds. The first-order valence-electron chi connectivity index (χ1n) is 4.75. The summed E-state index contributed by atoms with van der Waals surface area (Å²) in [7, 11) is 0. The smallest absolute Gasteiger partial charge is 0.0471 e. The van der Waals surface area contributed by atoms with Crippen molar-refractivity contribution in [1.82, 2.24) is 10.6 Å². The second-order valence-electron chi connectivity index (χ2n) is 3.92. The molecule has 1 aliphatic heterocycles. The molecule has 0 aromatic carbocycles. The lowest BCUT2D eigenvalue weighted by Crippen LogP contribution is -2.60. The highest BCUT2D eigenvalue weighted by Crippen LogP contribution is 2.08. The molecule has 1 heterocycles. The van der Waals surface area contributed by atoms with Crippen LogP contribution in [0.4, 0.5) is 0 Å². The van der Waals surface area contributed by atoms with E-state index in [9.17, 15) is 0 Å². The van der Waals surface area contributed by atoms with Gasteiger partial charge >= 0.3 is 0 Å². The van der Waals surface area contributed by atoms with Crippen molar-refractivity contribution in [1.29, 1.82) is 0 Å². The fourth-order valence-corrected chi connectivity index (χ4v) is 1.52. The van der Waals surface area contributed by atoms with Crippen LogP contribution in [0.2, 0.25) is 0 Å². The van der Waals surface area contributed by atoms with Gasteiger partial charge in [-0.3, -0.25) is 0 Å². The van der Waals surface area contributed by atoms with Crippen LogP contribution in [0, 0.1) is 5.92 Å². The van der Waals surface area contributed by atoms with Crippen molar-refractivity contribution < 1.29 is 5.11 Å². The lowest BCUT2D eigenvalue weighted by molar-refractivity contribution is 0.167. The van der Waals surface area contributed by atoms with Crippen LogP contribution in [0.5, 0.6) is 0 Å². The highest BCUT2D eigenvalue weighted by Gasteiger charge is 2.26. The quantitative estimate of drug-likeness (QED) is 0.547. The van der Waals surface area contributed by atoms with Crippen molar-refractivity contribution in [2.75, 3.05) is 13.2 Å². The summed E-state index contributed by atoms with van der Waals surface area (Å²) in [6, 6.07) is 1.45. The normalized spacial score (nSPS) is 39.5. The monoisotopic (exact) mass is 172 g/mol. The molecule has 1 saturated heterocycles. The third kappa shape index (κ3) is 2.19. The maximum Gasteiger partial charge on any atom is 0.0471 e. The van der Waals surface area contributed by atoms with E-state index in [0.29, 0.717) is 24.0 Å². The highest BCUT2D eigenvalue weighted by atomic mass is 16.3. The molecule has 4 unspecified atom stereocenters. The van der Waals surface area contributed by atoms with Gasteiger partial charge in [0.1, 0.15) is 0 Å². The molecule has 0 saturated carbocycles. The van der Waals surface area contributed by atoms with Gasteiger partial charge in [-0.15, -0.1) is 0 Å². The molecule has 0 aromatic heterocycles. The molecule has 4 atom stereocenters. The van der Waals surface area contributed by atoms with E-state index in [1.165, 1.54) is 0 Å². The van der Waals surface area contributed by atoms with E-state index in [4.69, 9.17) is 5.11 Å². The van der Waals surface area contributed by atoms with E-state index in [1.54, 1.807) is 0 Å². The molecule has 3 N–H and O–H groups in total. The molecule has 12 heavy (non-hydrogen) atoms. The highest BCUT2D eigenvalue weighted by molar-refractivity contribution is 4.88. The second-order valence-corrected chi connectivity index (χ2v) is 3.92. The average Bonchev–Trinajstić information content (AvgIpc) is 2.08. The van der Waals surface area contributed by atoms with E-state index in [2.05, 4.69) is 31.4 Å². The van der Waals surface area contributed by atoms with Crippen LogP contribution in [0.3, 0.4) is 0 Å². The summed E-state index contributed by atoms with van der Waals surface area (Å²) >= 11 is 0. The van der Waals surface area contributed by atoms with Crippen LogP contribution in [0.1, 0.15) is 20.8 Å². The zero-order chi connectivity index (χ0) is 9.14. The largest absolute Gasteiger partial charge is 0.396 e. The van der Waals surface area contributed by atoms with Crippen molar-refractivity contribution in [2.45, 2.75) is 38.9 Å². The number of hydrogen-bond donors (Lipinski definition) is 3. The first-order chi connectivity index (χ1) is 5.65. The van der Waals surface area contributed by atoms with Crippen LogP contribution in [0.15, 0.2) is 0 Å². The Morgan fingerprint density at radius 1 is 1.42 bits per heavy atom. The van der Waals surface area contributed by atoms with Crippen LogP contribution < -0.4 is 10.6 Å². The second kappa shape index (κ2) is 4.21.